The first-order valence-corrected chi connectivity index (χ1v) is 9.94. The molecule has 4 aromatic rings. The van der Waals surface area contributed by atoms with Gasteiger partial charge in [-0.25, -0.2) is 15.0 Å². The van der Waals surface area contributed by atoms with Gasteiger partial charge >= 0.3 is 0 Å². The van der Waals surface area contributed by atoms with Crippen molar-refractivity contribution in [1.29, 1.82) is 0 Å². The van der Waals surface area contributed by atoms with E-state index in [0.717, 1.165) is 28.5 Å². The van der Waals surface area contributed by atoms with E-state index in [1.54, 1.807) is 40.7 Å². The Morgan fingerprint density at radius 1 is 1.15 bits per heavy atom. The topological polar surface area (TPSA) is 65.6 Å². The van der Waals surface area contributed by atoms with E-state index in [1.165, 1.54) is 11.3 Å². The molecule has 0 bridgehead atoms. The van der Waals surface area contributed by atoms with Gasteiger partial charge in [-0.3, -0.25) is 13.9 Å². The summed E-state index contributed by atoms with van der Waals surface area (Å²) in [7, 11) is 0. The molecule has 4 heterocycles. The Morgan fingerprint density at radius 3 is 2.69 bits per heavy atom. The summed E-state index contributed by atoms with van der Waals surface area (Å²) in [6.07, 6.45) is 7.94. The molecular formula is C18H17N5OS2. The molecule has 0 aromatic carbocycles. The van der Waals surface area contributed by atoms with Gasteiger partial charge in [0.15, 0.2) is 10.3 Å². The molecule has 132 valence electrons. The maximum atomic E-state index is 12.4. The van der Waals surface area contributed by atoms with Gasteiger partial charge in [-0.05, 0) is 25.0 Å². The Labute approximate surface area is 158 Å². The van der Waals surface area contributed by atoms with Crippen molar-refractivity contribution >= 4 is 22.7 Å². The van der Waals surface area contributed by atoms with Gasteiger partial charge in [0.05, 0.1) is 11.4 Å². The molecule has 0 saturated heterocycles. The summed E-state index contributed by atoms with van der Waals surface area (Å²) in [4.78, 5) is 25.5. The number of rotatable bonds is 5. The van der Waals surface area contributed by atoms with Crippen LogP contribution in [0.15, 0.2) is 52.6 Å². The lowest BCUT2D eigenvalue weighted by Crippen LogP contribution is -2.17. The third-order valence-corrected chi connectivity index (χ3v) is 5.91. The minimum atomic E-state index is -0.0542. The molecule has 4 rings (SSSR count). The lowest BCUT2D eigenvalue weighted by atomic mass is 10.00. The zero-order valence-electron chi connectivity index (χ0n) is 14.4. The van der Waals surface area contributed by atoms with Crippen LogP contribution < -0.4 is 5.56 Å². The first-order chi connectivity index (χ1) is 12.6. The van der Waals surface area contributed by atoms with Crippen LogP contribution in [0.3, 0.4) is 0 Å². The Bertz CT molecular complexity index is 1080. The van der Waals surface area contributed by atoms with Crippen molar-refractivity contribution in [3.05, 3.63) is 75.1 Å². The Kier molecular flexibility index (Phi) is 4.52. The van der Waals surface area contributed by atoms with Crippen LogP contribution in [-0.4, -0.2) is 24.1 Å². The molecule has 0 saturated carbocycles. The van der Waals surface area contributed by atoms with Gasteiger partial charge in [0.1, 0.15) is 6.33 Å². The highest BCUT2D eigenvalue weighted by molar-refractivity contribution is 7.12. The summed E-state index contributed by atoms with van der Waals surface area (Å²) in [5.41, 5.74) is 2.90. The predicted molar refractivity (Wildman–Crippen MR) is 104 cm³/mol. The van der Waals surface area contributed by atoms with Crippen LogP contribution >= 0.6 is 22.7 Å². The van der Waals surface area contributed by atoms with Crippen LogP contribution in [0.2, 0.25) is 0 Å². The molecular weight excluding hydrogens is 366 g/mol. The summed E-state index contributed by atoms with van der Waals surface area (Å²) in [5, 5.41) is 5.62. The van der Waals surface area contributed by atoms with Crippen LogP contribution in [0, 0.1) is 6.92 Å². The number of aryl methyl sites for hydroxylation is 1. The van der Waals surface area contributed by atoms with E-state index in [9.17, 15) is 4.79 Å². The quantitative estimate of drug-likeness (QED) is 0.528. The van der Waals surface area contributed by atoms with E-state index in [2.05, 4.69) is 27.3 Å². The molecule has 0 fully saturated rings. The van der Waals surface area contributed by atoms with Crippen LogP contribution in [0.25, 0.3) is 10.3 Å². The zero-order chi connectivity index (χ0) is 18.1. The van der Waals surface area contributed by atoms with Crippen molar-refractivity contribution in [2.75, 3.05) is 0 Å². The van der Waals surface area contributed by atoms with Crippen molar-refractivity contribution in [2.45, 2.75) is 26.2 Å². The smallest absolute Gasteiger partial charge is 0.257 e. The van der Waals surface area contributed by atoms with Gasteiger partial charge in [-0.15, -0.1) is 22.7 Å². The van der Waals surface area contributed by atoms with Gasteiger partial charge in [-0.2, -0.15) is 0 Å². The van der Waals surface area contributed by atoms with Crippen LogP contribution in [-0.2, 0) is 6.42 Å². The van der Waals surface area contributed by atoms with E-state index < -0.39 is 0 Å². The summed E-state index contributed by atoms with van der Waals surface area (Å²) in [5.74, 6) is 0.223. The number of imidazole rings is 1. The van der Waals surface area contributed by atoms with Crippen molar-refractivity contribution in [2.24, 2.45) is 0 Å². The molecule has 8 heteroatoms. The van der Waals surface area contributed by atoms with Crippen molar-refractivity contribution < 1.29 is 0 Å². The van der Waals surface area contributed by atoms with Crippen LogP contribution in [0.5, 0.6) is 0 Å². The van der Waals surface area contributed by atoms with E-state index in [4.69, 9.17) is 0 Å². The normalized spacial score (nSPS) is 12.4. The predicted octanol–water partition coefficient (Wildman–Crippen LogP) is 3.59. The number of nitrogens with zero attached hydrogens (tertiary/aromatic N) is 5. The maximum absolute atomic E-state index is 12.4. The molecule has 4 aromatic heterocycles. The molecule has 0 radical (unpaired) electrons. The molecule has 0 aliphatic carbocycles. The highest BCUT2D eigenvalue weighted by Gasteiger charge is 2.13. The largest absolute Gasteiger partial charge is 0.282 e. The third-order valence-electron chi connectivity index (χ3n) is 4.08. The van der Waals surface area contributed by atoms with Gasteiger partial charge in [0, 0.05) is 41.3 Å². The number of thiazole rings is 2. The molecule has 0 spiro atoms. The second kappa shape index (κ2) is 6.97. The van der Waals surface area contributed by atoms with Crippen LogP contribution in [0.1, 0.15) is 29.8 Å². The average Bonchev–Trinajstić information content (AvgIpc) is 3.36. The van der Waals surface area contributed by atoms with Gasteiger partial charge in [0.25, 0.3) is 5.56 Å². The molecule has 0 aliphatic rings. The van der Waals surface area contributed by atoms with Crippen LogP contribution in [0.4, 0.5) is 0 Å². The highest BCUT2D eigenvalue weighted by atomic mass is 32.1. The molecule has 6 nitrogen and oxygen atoms in total. The molecule has 1 unspecified atom stereocenters. The van der Waals surface area contributed by atoms with E-state index in [0.29, 0.717) is 5.13 Å². The summed E-state index contributed by atoms with van der Waals surface area (Å²) in [6.45, 7) is 4.05. The van der Waals surface area contributed by atoms with E-state index in [-0.39, 0.29) is 11.5 Å². The van der Waals surface area contributed by atoms with Gasteiger partial charge in [-0.1, -0.05) is 6.92 Å². The summed E-state index contributed by atoms with van der Waals surface area (Å²) >= 11 is 3.06. The number of hydrogen-bond acceptors (Lipinski definition) is 6. The van der Waals surface area contributed by atoms with Crippen molar-refractivity contribution in [3.8, 4) is 10.3 Å². The highest BCUT2D eigenvalue weighted by Crippen LogP contribution is 2.24. The molecule has 0 amide bonds. The second-order valence-corrected chi connectivity index (χ2v) is 7.82. The fraction of sp³-hybridized carbons (Fsp3) is 0.222. The van der Waals surface area contributed by atoms with Gasteiger partial charge < -0.3 is 0 Å². The zero-order valence-corrected chi connectivity index (χ0v) is 16.0. The summed E-state index contributed by atoms with van der Waals surface area (Å²) in [6, 6.07) is 3.67. The van der Waals surface area contributed by atoms with Crippen molar-refractivity contribution in [3.63, 3.8) is 0 Å². The lowest BCUT2D eigenvalue weighted by molar-refractivity contribution is 0.730. The van der Waals surface area contributed by atoms with Gasteiger partial charge in [0.2, 0.25) is 0 Å². The van der Waals surface area contributed by atoms with E-state index in [1.807, 2.05) is 29.1 Å². The third kappa shape index (κ3) is 3.38. The lowest BCUT2D eigenvalue weighted by Gasteiger charge is -2.09. The average molecular weight is 384 g/mol. The van der Waals surface area contributed by atoms with E-state index >= 15 is 0 Å². The fourth-order valence-electron chi connectivity index (χ4n) is 2.71. The monoisotopic (exact) mass is 383 g/mol. The molecule has 0 N–H and O–H groups in total. The minimum Gasteiger partial charge on any atom is -0.282 e. The molecule has 1 atom stereocenters. The summed E-state index contributed by atoms with van der Waals surface area (Å²) < 4.78 is 3.49. The second-order valence-electron chi connectivity index (χ2n) is 6.14. The Balaban J connectivity index is 1.52. The standard InChI is InChI=1S/C18H17N5OS2/c1-12(15-10-26-17(21-15)22-6-4-19-11-22)7-14-3-5-23(16(24)8-14)18-20-13(2)9-25-18/h3-6,8-12H,7H2,1-2H3. The maximum Gasteiger partial charge on any atom is 0.257 e. The number of hydrogen-bond donors (Lipinski definition) is 0. The Morgan fingerprint density at radius 2 is 2.00 bits per heavy atom. The fourth-order valence-corrected chi connectivity index (χ4v) is 4.40. The molecule has 26 heavy (non-hydrogen) atoms. The minimum absolute atomic E-state index is 0.0542. The first-order valence-electron chi connectivity index (χ1n) is 8.18. The molecule has 0 aliphatic heterocycles. The SMILES string of the molecule is Cc1csc(-n2ccc(CC(C)c3csc(-n4ccnc4)n3)cc2=O)n1. The number of aromatic nitrogens is 5. The Hall–Kier alpha value is -2.58. The van der Waals surface area contributed by atoms with Crippen molar-refractivity contribution in [1.82, 2.24) is 24.1 Å². The first kappa shape index (κ1) is 16.9. The number of pyridine rings is 1.